The number of rotatable bonds is 7. The molecule has 7 heteroatoms. The molecule has 1 aliphatic rings. The Morgan fingerprint density at radius 2 is 1.97 bits per heavy atom. The minimum atomic E-state index is 0.0494. The third-order valence-electron chi connectivity index (χ3n) is 5.09. The Hall–Kier alpha value is -2.80. The van der Waals surface area contributed by atoms with E-state index in [9.17, 15) is 4.79 Å². The highest BCUT2D eigenvalue weighted by Gasteiger charge is 2.22. The Labute approximate surface area is 180 Å². The maximum absolute atomic E-state index is 12.7. The molecule has 6 nitrogen and oxygen atoms in total. The number of fused-ring (bicyclic) bond motifs is 1. The summed E-state index contributed by atoms with van der Waals surface area (Å²) in [6.07, 6.45) is 1.99. The maximum atomic E-state index is 12.7. The van der Waals surface area contributed by atoms with Gasteiger partial charge in [0.15, 0.2) is 6.61 Å². The molecule has 0 atom stereocenters. The molecule has 0 unspecified atom stereocenters. The van der Waals surface area contributed by atoms with E-state index in [1.807, 2.05) is 35.2 Å². The fraction of sp³-hybridized carbons (Fsp3) is 0.348. The zero-order valence-electron chi connectivity index (χ0n) is 17.2. The van der Waals surface area contributed by atoms with E-state index in [2.05, 4.69) is 42.2 Å². The van der Waals surface area contributed by atoms with Crippen molar-refractivity contribution in [3.8, 4) is 5.75 Å². The van der Waals surface area contributed by atoms with Crippen LogP contribution in [-0.2, 0) is 17.8 Å². The Bertz CT molecular complexity index is 1000. The van der Waals surface area contributed by atoms with E-state index in [0.717, 1.165) is 30.8 Å². The quantitative estimate of drug-likeness (QED) is 0.506. The number of hydrogen-bond donors (Lipinski definition) is 0. The highest BCUT2D eigenvalue weighted by Crippen LogP contribution is 2.28. The Morgan fingerprint density at radius 1 is 1.17 bits per heavy atom. The van der Waals surface area contributed by atoms with Crippen LogP contribution in [0.1, 0.15) is 43.2 Å². The summed E-state index contributed by atoms with van der Waals surface area (Å²) in [7, 11) is 0. The molecule has 1 aliphatic heterocycles. The first-order valence-corrected chi connectivity index (χ1v) is 11.1. The summed E-state index contributed by atoms with van der Waals surface area (Å²) in [6.45, 7) is 5.25. The van der Waals surface area contributed by atoms with Gasteiger partial charge in [0, 0.05) is 12.2 Å². The van der Waals surface area contributed by atoms with Crippen LogP contribution in [-0.4, -0.2) is 28.4 Å². The highest BCUT2D eigenvalue weighted by molar-refractivity contribution is 7.99. The number of nitrogens with zero attached hydrogens (tertiary/aromatic N) is 3. The van der Waals surface area contributed by atoms with Gasteiger partial charge in [-0.2, -0.15) is 0 Å². The number of amides is 1. The van der Waals surface area contributed by atoms with Gasteiger partial charge in [0.05, 0.1) is 5.75 Å². The number of hydrogen-bond acceptors (Lipinski definition) is 6. The molecule has 2 heterocycles. The van der Waals surface area contributed by atoms with Gasteiger partial charge in [-0.1, -0.05) is 55.9 Å². The van der Waals surface area contributed by atoms with E-state index < -0.39 is 0 Å². The van der Waals surface area contributed by atoms with Crippen molar-refractivity contribution in [1.29, 1.82) is 0 Å². The standard InChI is InChI=1S/C23H25N3O3S/c1-16(2)17-9-11-19(12-10-17)28-14-21-24-25-23(29-21)30-15-22(27)26-13-5-7-18-6-3-4-8-20(18)26/h3-4,6,8-12,16H,5,7,13-15H2,1-2H3. The molecule has 0 N–H and O–H groups in total. The van der Waals surface area contributed by atoms with E-state index in [0.29, 0.717) is 17.0 Å². The number of aromatic nitrogens is 2. The Morgan fingerprint density at radius 3 is 2.77 bits per heavy atom. The van der Waals surface area contributed by atoms with Crippen LogP contribution < -0.4 is 9.64 Å². The molecule has 3 aromatic rings. The Kier molecular flexibility index (Phi) is 6.38. The zero-order valence-corrected chi connectivity index (χ0v) is 18.0. The topological polar surface area (TPSA) is 68.5 Å². The second kappa shape index (κ2) is 9.34. The van der Waals surface area contributed by atoms with Crippen LogP contribution in [0, 0.1) is 0 Å². The van der Waals surface area contributed by atoms with E-state index in [1.165, 1.54) is 22.9 Å². The normalized spacial score (nSPS) is 13.4. The van der Waals surface area contributed by atoms with Gasteiger partial charge in [-0.3, -0.25) is 4.79 Å². The predicted molar refractivity (Wildman–Crippen MR) is 117 cm³/mol. The molecule has 30 heavy (non-hydrogen) atoms. The van der Waals surface area contributed by atoms with Crippen molar-refractivity contribution in [1.82, 2.24) is 10.2 Å². The molecule has 1 aromatic heterocycles. The summed E-state index contributed by atoms with van der Waals surface area (Å²) in [6, 6.07) is 16.1. The molecule has 0 bridgehead atoms. The third-order valence-corrected chi connectivity index (χ3v) is 5.89. The second-order valence-electron chi connectivity index (χ2n) is 7.54. The molecule has 1 amide bonds. The van der Waals surface area contributed by atoms with E-state index in [-0.39, 0.29) is 18.3 Å². The summed E-state index contributed by atoms with van der Waals surface area (Å²) in [5, 5.41) is 8.42. The molecule has 2 aromatic carbocycles. The molecule has 0 saturated heterocycles. The van der Waals surface area contributed by atoms with Crippen LogP contribution >= 0.6 is 11.8 Å². The van der Waals surface area contributed by atoms with Crippen molar-refractivity contribution in [3.05, 3.63) is 65.5 Å². The molecule has 4 rings (SSSR count). The van der Waals surface area contributed by atoms with Crippen molar-refractivity contribution in [2.75, 3.05) is 17.2 Å². The lowest BCUT2D eigenvalue weighted by Crippen LogP contribution is -2.36. The molecular formula is C23H25N3O3S. The number of carbonyl (C=O) groups is 1. The minimum absolute atomic E-state index is 0.0494. The van der Waals surface area contributed by atoms with Gasteiger partial charge < -0.3 is 14.1 Å². The van der Waals surface area contributed by atoms with Crippen LogP contribution in [0.25, 0.3) is 0 Å². The lowest BCUT2D eigenvalue weighted by Gasteiger charge is -2.29. The fourth-order valence-electron chi connectivity index (χ4n) is 3.44. The molecule has 0 spiro atoms. The van der Waals surface area contributed by atoms with Gasteiger partial charge in [-0.05, 0) is 48.1 Å². The monoisotopic (exact) mass is 423 g/mol. The van der Waals surface area contributed by atoms with Crippen molar-refractivity contribution in [2.45, 2.75) is 44.4 Å². The molecule has 0 radical (unpaired) electrons. The first-order chi connectivity index (χ1) is 14.6. The van der Waals surface area contributed by atoms with E-state index in [4.69, 9.17) is 9.15 Å². The number of para-hydroxylation sites is 1. The van der Waals surface area contributed by atoms with Crippen molar-refractivity contribution in [2.24, 2.45) is 0 Å². The number of thioether (sulfide) groups is 1. The van der Waals surface area contributed by atoms with Crippen LogP contribution in [0.2, 0.25) is 0 Å². The van der Waals surface area contributed by atoms with Crippen LogP contribution in [0.5, 0.6) is 5.75 Å². The molecule has 0 fully saturated rings. The first-order valence-electron chi connectivity index (χ1n) is 10.2. The first kappa shape index (κ1) is 20.5. The molecule has 156 valence electrons. The van der Waals surface area contributed by atoms with Crippen molar-refractivity contribution in [3.63, 3.8) is 0 Å². The Balaban J connectivity index is 1.29. The largest absolute Gasteiger partial charge is 0.484 e. The zero-order chi connectivity index (χ0) is 20.9. The van der Waals surface area contributed by atoms with Crippen LogP contribution in [0.4, 0.5) is 5.69 Å². The van der Waals surface area contributed by atoms with Crippen LogP contribution in [0.15, 0.2) is 58.2 Å². The smallest absolute Gasteiger partial charge is 0.277 e. The summed E-state index contributed by atoms with van der Waals surface area (Å²) in [4.78, 5) is 14.6. The van der Waals surface area contributed by atoms with Gasteiger partial charge in [0.2, 0.25) is 5.91 Å². The van der Waals surface area contributed by atoms with Gasteiger partial charge in [-0.15, -0.1) is 10.2 Å². The summed E-state index contributed by atoms with van der Waals surface area (Å²) in [5.74, 6) is 1.93. The predicted octanol–water partition coefficient (Wildman–Crippen LogP) is 4.84. The summed E-state index contributed by atoms with van der Waals surface area (Å²) < 4.78 is 11.3. The molecule has 0 aliphatic carbocycles. The number of anilines is 1. The third kappa shape index (κ3) is 4.84. The second-order valence-corrected chi connectivity index (χ2v) is 8.47. The summed E-state index contributed by atoms with van der Waals surface area (Å²) >= 11 is 1.26. The SMILES string of the molecule is CC(C)c1ccc(OCc2nnc(SCC(=O)N3CCCc4ccccc43)o2)cc1. The van der Waals surface area contributed by atoms with Gasteiger partial charge >= 0.3 is 0 Å². The minimum Gasteiger partial charge on any atom is -0.484 e. The van der Waals surface area contributed by atoms with Crippen LogP contribution in [0.3, 0.4) is 0 Å². The lowest BCUT2D eigenvalue weighted by molar-refractivity contribution is -0.116. The van der Waals surface area contributed by atoms with Gasteiger partial charge in [0.1, 0.15) is 5.75 Å². The van der Waals surface area contributed by atoms with E-state index >= 15 is 0 Å². The fourth-order valence-corrected chi connectivity index (χ4v) is 4.10. The molecule has 0 saturated carbocycles. The maximum Gasteiger partial charge on any atom is 0.277 e. The van der Waals surface area contributed by atoms with Gasteiger partial charge in [0.25, 0.3) is 11.1 Å². The van der Waals surface area contributed by atoms with Crippen molar-refractivity contribution >= 4 is 23.4 Å². The number of ether oxygens (including phenoxy) is 1. The highest BCUT2D eigenvalue weighted by atomic mass is 32.2. The molecular weight excluding hydrogens is 398 g/mol. The number of benzene rings is 2. The van der Waals surface area contributed by atoms with Gasteiger partial charge in [-0.25, -0.2) is 0 Å². The average Bonchev–Trinajstić information content (AvgIpc) is 3.24. The summed E-state index contributed by atoms with van der Waals surface area (Å²) in [5.41, 5.74) is 3.50. The lowest BCUT2D eigenvalue weighted by atomic mass is 10.0. The number of carbonyl (C=O) groups excluding carboxylic acids is 1. The van der Waals surface area contributed by atoms with Crippen molar-refractivity contribution < 1.29 is 13.9 Å². The van der Waals surface area contributed by atoms with E-state index in [1.54, 1.807) is 0 Å². The number of aryl methyl sites for hydroxylation is 1. The average molecular weight is 424 g/mol.